The van der Waals surface area contributed by atoms with Crippen LogP contribution in [-0.4, -0.2) is 42.6 Å². The largest absolute Gasteiger partial charge is 0.457 e. The van der Waals surface area contributed by atoms with Crippen molar-refractivity contribution in [2.45, 2.75) is 31.9 Å². The highest BCUT2D eigenvalue weighted by atomic mass is 35.5. The molecule has 2 fully saturated rings. The van der Waals surface area contributed by atoms with Gasteiger partial charge in [0.25, 0.3) is 0 Å². The van der Waals surface area contributed by atoms with Gasteiger partial charge in [-0.3, -0.25) is 9.69 Å². The Morgan fingerprint density at radius 1 is 1.11 bits per heavy atom. The number of likely N-dealkylation sites (tertiary alicyclic amines) is 1. The fourth-order valence-electron chi connectivity index (χ4n) is 4.24. The predicted molar refractivity (Wildman–Crippen MR) is 113 cm³/mol. The molecule has 0 N–H and O–H groups in total. The van der Waals surface area contributed by atoms with Crippen molar-refractivity contribution in [3.8, 4) is 0 Å². The molecular weight excluding hydrogens is 395 g/mol. The van der Waals surface area contributed by atoms with E-state index in [0.717, 1.165) is 38.4 Å². The van der Waals surface area contributed by atoms with Crippen molar-refractivity contribution in [3.63, 3.8) is 0 Å². The molecule has 0 radical (unpaired) electrons. The highest BCUT2D eigenvalue weighted by molar-refractivity contribution is 6.39. The van der Waals surface area contributed by atoms with Crippen molar-refractivity contribution in [2.24, 2.45) is 0 Å². The summed E-state index contributed by atoms with van der Waals surface area (Å²) in [6.45, 7) is 7.75. The lowest BCUT2D eigenvalue weighted by Gasteiger charge is -2.46. The summed E-state index contributed by atoms with van der Waals surface area (Å²) in [6.07, 6.45) is 0. The monoisotopic (exact) mass is 418 g/mol. The van der Waals surface area contributed by atoms with Gasteiger partial charge in [0.15, 0.2) is 0 Å². The van der Waals surface area contributed by atoms with Crippen LogP contribution >= 0.6 is 23.2 Å². The van der Waals surface area contributed by atoms with Crippen LogP contribution in [0.15, 0.2) is 42.5 Å². The maximum atomic E-state index is 11.1. The van der Waals surface area contributed by atoms with Gasteiger partial charge in [-0.25, -0.2) is 0 Å². The molecule has 2 saturated heterocycles. The van der Waals surface area contributed by atoms with E-state index in [-0.39, 0.29) is 11.6 Å². The number of carbonyl (C=O) groups is 1. The third-order valence-electron chi connectivity index (χ3n) is 5.50. The molecule has 0 amide bonds. The summed E-state index contributed by atoms with van der Waals surface area (Å²) in [5, 5.41) is 1.41. The number of para-hydroxylation sites is 1. The molecule has 0 bridgehead atoms. The summed E-state index contributed by atoms with van der Waals surface area (Å²) < 4.78 is 5.37. The van der Waals surface area contributed by atoms with Crippen LogP contribution in [0.1, 0.15) is 30.9 Å². The molecule has 0 atom stereocenters. The Balaban J connectivity index is 1.30. The molecule has 6 heteroatoms. The maximum absolute atomic E-state index is 11.1. The van der Waals surface area contributed by atoms with E-state index in [4.69, 9.17) is 27.9 Å². The molecule has 4 rings (SSSR count). The van der Waals surface area contributed by atoms with Gasteiger partial charge in [-0.05, 0) is 30.2 Å². The van der Waals surface area contributed by atoms with Gasteiger partial charge in [-0.1, -0.05) is 53.5 Å². The first kappa shape index (κ1) is 19.6. The minimum absolute atomic E-state index is 0.209. The first-order chi connectivity index (χ1) is 13.3. The number of esters is 1. The second kappa shape index (κ2) is 7.58. The molecule has 0 aliphatic carbocycles. The summed E-state index contributed by atoms with van der Waals surface area (Å²) in [6, 6.07) is 14.5. The molecule has 0 unspecified atom stereocenters. The Labute approximate surface area is 176 Å². The van der Waals surface area contributed by atoms with E-state index in [1.165, 1.54) is 18.1 Å². The zero-order chi connectivity index (χ0) is 19.9. The van der Waals surface area contributed by atoms with E-state index in [1.54, 1.807) is 0 Å². The van der Waals surface area contributed by atoms with E-state index >= 15 is 0 Å². The molecule has 0 spiro atoms. The minimum atomic E-state index is -0.332. The summed E-state index contributed by atoms with van der Waals surface area (Å²) >= 11 is 12.6. The lowest BCUT2D eigenvalue weighted by molar-refractivity contribution is -0.174. The average Bonchev–Trinajstić information content (AvgIpc) is 2.55. The van der Waals surface area contributed by atoms with Crippen molar-refractivity contribution >= 4 is 34.9 Å². The number of benzene rings is 2. The fraction of sp³-hybridized carbons (Fsp3) is 0.409. The highest BCUT2D eigenvalue weighted by Crippen LogP contribution is 2.40. The lowest BCUT2D eigenvalue weighted by Crippen LogP contribution is -2.61. The third-order valence-corrected chi connectivity index (χ3v) is 6.11. The second-order valence-electron chi connectivity index (χ2n) is 8.10. The van der Waals surface area contributed by atoms with Crippen LogP contribution in [0.25, 0.3) is 0 Å². The lowest BCUT2D eigenvalue weighted by atomic mass is 9.90. The summed E-state index contributed by atoms with van der Waals surface area (Å²) in [5.74, 6) is 0.289. The topological polar surface area (TPSA) is 32.8 Å². The van der Waals surface area contributed by atoms with E-state index in [2.05, 4.69) is 34.1 Å². The molecule has 2 heterocycles. The molecule has 28 heavy (non-hydrogen) atoms. The molecule has 2 aromatic rings. The molecule has 0 saturated carbocycles. The Morgan fingerprint density at radius 3 is 2.29 bits per heavy atom. The fourth-order valence-corrected chi connectivity index (χ4v) is 4.88. The van der Waals surface area contributed by atoms with Crippen molar-refractivity contribution in [3.05, 3.63) is 63.6 Å². The smallest absolute Gasteiger partial charge is 0.303 e. The van der Waals surface area contributed by atoms with Crippen molar-refractivity contribution in [1.29, 1.82) is 0 Å². The van der Waals surface area contributed by atoms with E-state index < -0.39 is 0 Å². The van der Waals surface area contributed by atoms with Crippen LogP contribution in [0, 0.1) is 0 Å². The van der Waals surface area contributed by atoms with Crippen LogP contribution in [0.3, 0.4) is 0 Å². The molecule has 0 aromatic heterocycles. The number of carbonyl (C=O) groups excluding carboxylic acids is 1. The first-order valence-corrected chi connectivity index (χ1v) is 10.3. The number of rotatable bonds is 5. The zero-order valence-electron chi connectivity index (χ0n) is 16.1. The van der Waals surface area contributed by atoms with E-state index in [0.29, 0.717) is 16.0 Å². The van der Waals surface area contributed by atoms with Gasteiger partial charge in [0.2, 0.25) is 0 Å². The van der Waals surface area contributed by atoms with Crippen LogP contribution in [0.5, 0.6) is 0 Å². The maximum Gasteiger partial charge on any atom is 0.303 e. The number of nitrogens with zero attached hydrogens (tertiary/aromatic N) is 2. The van der Waals surface area contributed by atoms with Gasteiger partial charge in [-0.15, -0.1) is 0 Å². The quantitative estimate of drug-likeness (QED) is 0.656. The van der Waals surface area contributed by atoms with E-state index in [9.17, 15) is 4.79 Å². The normalized spacial score (nSPS) is 19.1. The summed E-state index contributed by atoms with van der Waals surface area (Å²) in [7, 11) is 0. The number of ether oxygens (including phenoxy) is 1. The number of hydrogen-bond donors (Lipinski definition) is 0. The van der Waals surface area contributed by atoms with Gasteiger partial charge in [0, 0.05) is 45.6 Å². The number of anilines is 1. The van der Waals surface area contributed by atoms with Crippen molar-refractivity contribution in [1.82, 2.24) is 4.90 Å². The molecule has 2 aliphatic heterocycles. The first-order valence-electron chi connectivity index (χ1n) is 9.53. The number of hydrogen-bond acceptors (Lipinski definition) is 4. The summed E-state index contributed by atoms with van der Waals surface area (Å²) in [4.78, 5) is 15.7. The average molecular weight is 419 g/mol. The molecule has 2 aliphatic rings. The Bertz CT molecular complexity index is 852. The van der Waals surface area contributed by atoms with Crippen LogP contribution in [0.4, 0.5) is 5.69 Å². The molecule has 4 nitrogen and oxygen atoms in total. The van der Waals surface area contributed by atoms with Gasteiger partial charge < -0.3 is 9.64 Å². The van der Waals surface area contributed by atoms with Crippen LogP contribution in [-0.2, 0) is 16.1 Å². The summed E-state index contributed by atoms with van der Waals surface area (Å²) in [5.41, 5.74) is 3.23. The van der Waals surface area contributed by atoms with E-state index in [1.807, 2.05) is 25.1 Å². The Hall–Kier alpha value is -1.75. The SMILES string of the molecule is CC(=O)OC1(C)CN(Cc2ccc(C3CN(c4c(Cl)cccc4Cl)C3)cc2)C1. The standard InChI is InChI=1S/C22H24Cl2N2O2/c1-15(27)28-22(2)13-25(14-22)10-16-6-8-17(9-7-16)18-11-26(12-18)21-19(23)4-3-5-20(21)24/h3-9,18H,10-14H2,1-2H3. The molecule has 148 valence electrons. The third kappa shape index (κ3) is 4.00. The van der Waals surface area contributed by atoms with Gasteiger partial charge in [-0.2, -0.15) is 0 Å². The van der Waals surface area contributed by atoms with Crippen molar-refractivity contribution < 1.29 is 9.53 Å². The number of halogens is 2. The van der Waals surface area contributed by atoms with Crippen molar-refractivity contribution in [2.75, 3.05) is 31.1 Å². The van der Waals surface area contributed by atoms with Gasteiger partial charge in [0.05, 0.1) is 15.7 Å². The molecular formula is C22H24Cl2N2O2. The van der Waals surface area contributed by atoms with Crippen LogP contribution in [0.2, 0.25) is 10.0 Å². The van der Waals surface area contributed by atoms with Gasteiger partial charge in [0.1, 0.15) is 5.60 Å². The van der Waals surface area contributed by atoms with Crippen LogP contribution < -0.4 is 4.90 Å². The zero-order valence-corrected chi connectivity index (χ0v) is 17.6. The second-order valence-corrected chi connectivity index (χ2v) is 8.92. The minimum Gasteiger partial charge on any atom is -0.457 e. The Morgan fingerprint density at radius 2 is 1.71 bits per heavy atom. The highest BCUT2D eigenvalue weighted by Gasteiger charge is 2.41. The van der Waals surface area contributed by atoms with Gasteiger partial charge >= 0.3 is 5.97 Å². The Kier molecular flexibility index (Phi) is 5.30. The predicted octanol–water partition coefficient (Wildman–Crippen LogP) is 4.73. The molecule has 2 aromatic carbocycles.